The van der Waals surface area contributed by atoms with Crippen LogP contribution in [0.15, 0.2) is 29.8 Å². The van der Waals surface area contributed by atoms with Crippen molar-refractivity contribution in [2.75, 3.05) is 5.32 Å². The standard InChI is InChI=1S/C8H10AsNO5.C5H5NO2S/c1-6(11)10-8-5-3-2-4-7(8)9(12,13)15-14;1-3-4(5(7)8)9-2-6-3/h2-5,14H,1H3,(H,10,11)(H,12,13);2H,1H3,(H,7,8). The van der Waals surface area contributed by atoms with Gasteiger partial charge >= 0.3 is 94.4 Å². The fourth-order valence-electron chi connectivity index (χ4n) is 1.57. The Morgan fingerprint density at radius 1 is 1.33 bits per heavy atom. The van der Waals surface area contributed by atoms with Crippen molar-refractivity contribution in [2.45, 2.75) is 13.8 Å². The number of rotatable bonds is 4. The summed E-state index contributed by atoms with van der Waals surface area (Å²) < 4.78 is 24.1. The number of hydrogen-bond acceptors (Lipinski definition) is 7. The first-order valence-corrected chi connectivity index (χ1v) is 10.5. The molecule has 130 valence electrons. The van der Waals surface area contributed by atoms with E-state index in [9.17, 15) is 17.4 Å². The number of aromatic carboxylic acids is 1. The summed E-state index contributed by atoms with van der Waals surface area (Å²) in [4.78, 5) is 25.2. The first kappa shape index (κ1) is 20.1. The van der Waals surface area contributed by atoms with Crippen LogP contribution in [0.1, 0.15) is 22.3 Å². The number of para-hydroxylation sites is 1. The number of anilines is 1. The van der Waals surface area contributed by atoms with Crippen molar-refractivity contribution >= 4 is 47.4 Å². The van der Waals surface area contributed by atoms with E-state index in [-0.39, 0.29) is 15.9 Å². The summed E-state index contributed by atoms with van der Waals surface area (Å²) in [5.74, 6) is -1.27. The van der Waals surface area contributed by atoms with Crippen molar-refractivity contribution in [3.8, 4) is 0 Å². The Kier molecular flexibility index (Phi) is 7.33. The number of nitrogens with zero attached hydrogens (tertiary/aromatic N) is 1. The van der Waals surface area contributed by atoms with Gasteiger partial charge in [0, 0.05) is 0 Å². The second-order valence-corrected chi connectivity index (χ2v) is 8.76. The van der Waals surface area contributed by atoms with E-state index in [1.165, 1.54) is 30.6 Å². The molecule has 0 saturated heterocycles. The zero-order chi connectivity index (χ0) is 18.3. The molecule has 9 nitrogen and oxygen atoms in total. The van der Waals surface area contributed by atoms with Gasteiger partial charge in [-0.3, -0.25) is 0 Å². The van der Waals surface area contributed by atoms with Crippen molar-refractivity contribution in [2.24, 2.45) is 0 Å². The topological polar surface area (TPSA) is 146 Å². The van der Waals surface area contributed by atoms with Crippen LogP contribution in [0.5, 0.6) is 0 Å². The molecular formula is C13H15AsN2O7S. The minimum absolute atomic E-state index is 0.103. The Balaban J connectivity index is 0.000000272. The van der Waals surface area contributed by atoms with Gasteiger partial charge in [0.1, 0.15) is 4.88 Å². The summed E-state index contributed by atoms with van der Waals surface area (Å²) in [6.45, 7) is 2.95. The normalized spacial score (nSPS) is 12.5. The summed E-state index contributed by atoms with van der Waals surface area (Å²) in [5.41, 5.74) is 2.27. The molecule has 24 heavy (non-hydrogen) atoms. The van der Waals surface area contributed by atoms with Crippen LogP contribution < -0.4 is 9.67 Å². The molecule has 0 spiro atoms. The van der Waals surface area contributed by atoms with Gasteiger partial charge in [-0.15, -0.1) is 11.3 Å². The van der Waals surface area contributed by atoms with E-state index in [1.807, 2.05) is 0 Å². The molecule has 1 amide bonds. The van der Waals surface area contributed by atoms with Gasteiger partial charge in [-0.1, -0.05) is 0 Å². The summed E-state index contributed by atoms with van der Waals surface area (Å²) in [6.07, 6.45) is 0. The molecule has 0 radical (unpaired) electrons. The third-order valence-electron chi connectivity index (χ3n) is 2.57. The fourth-order valence-corrected chi connectivity index (χ4v) is 3.88. The minimum atomic E-state index is -4.92. The van der Waals surface area contributed by atoms with Crippen LogP contribution in [-0.4, -0.2) is 45.5 Å². The van der Waals surface area contributed by atoms with E-state index >= 15 is 0 Å². The molecule has 1 atom stereocenters. The molecule has 2 aromatic rings. The Labute approximate surface area is 143 Å². The van der Waals surface area contributed by atoms with E-state index in [4.69, 9.17) is 10.4 Å². The van der Waals surface area contributed by atoms with Gasteiger partial charge in [0.15, 0.2) is 0 Å². The number of thiazole rings is 1. The first-order valence-electron chi connectivity index (χ1n) is 6.35. The van der Waals surface area contributed by atoms with Crippen LogP contribution in [0, 0.1) is 6.92 Å². The van der Waals surface area contributed by atoms with Crippen LogP contribution in [-0.2, 0) is 12.4 Å². The molecule has 4 N–H and O–H groups in total. The van der Waals surface area contributed by atoms with Crippen molar-refractivity contribution in [3.05, 3.63) is 40.3 Å². The second-order valence-electron chi connectivity index (χ2n) is 4.37. The van der Waals surface area contributed by atoms with Crippen molar-refractivity contribution in [3.63, 3.8) is 0 Å². The molecule has 1 unspecified atom stereocenters. The number of carboxylic acid groups (broad SMARTS) is 1. The molecule has 1 aromatic heterocycles. The largest absolute Gasteiger partial charge is 0.477 e. The average Bonchev–Trinajstić information content (AvgIpc) is 2.94. The van der Waals surface area contributed by atoms with Crippen LogP contribution in [0.3, 0.4) is 0 Å². The molecule has 0 fully saturated rings. The third kappa shape index (κ3) is 5.59. The maximum atomic E-state index is 11.4. The summed E-state index contributed by atoms with van der Waals surface area (Å²) in [6, 6.07) is 5.84. The Morgan fingerprint density at radius 3 is 2.38 bits per heavy atom. The van der Waals surface area contributed by atoms with E-state index in [0.29, 0.717) is 10.6 Å². The van der Waals surface area contributed by atoms with Crippen molar-refractivity contribution < 1.29 is 31.7 Å². The number of aryl methyl sites for hydroxylation is 1. The molecule has 0 bridgehead atoms. The molecular weight excluding hydrogens is 403 g/mol. The predicted octanol–water partition coefficient (Wildman–Crippen LogP) is 0.853. The monoisotopic (exact) mass is 418 g/mol. The number of carboxylic acids is 1. The number of carbonyl (C=O) groups excluding carboxylic acids is 1. The summed E-state index contributed by atoms with van der Waals surface area (Å²) >= 11 is -3.78. The Bertz CT molecular complexity index is 777. The van der Waals surface area contributed by atoms with Gasteiger partial charge in [-0.2, -0.15) is 0 Å². The number of benzene rings is 1. The van der Waals surface area contributed by atoms with Crippen molar-refractivity contribution in [1.82, 2.24) is 4.98 Å². The molecule has 1 aromatic carbocycles. The quantitative estimate of drug-likeness (QED) is 0.325. The predicted molar refractivity (Wildman–Crippen MR) is 86.6 cm³/mol. The Hall–Kier alpha value is -1.97. The number of nitrogens with one attached hydrogen (secondary N) is 1. The van der Waals surface area contributed by atoms with E-state index in [0.717, 1.165) is 11.3 Å². The van der Waals surface area contributed by atoms with Crippen LogP contribution >= 0.6 is 11.3 Å². The maximum absolute atomic E-state index is 11.4. The molecule has 1 heterocycles. The summed E-state index contributed by atoms with van der Waals surface area (Å²) in [7, 11) is 0. The number of aromatic nitrogens is 1. The molecule has 0 aliphatic rings. The third-order valence-corrected chi connectivity index (χ3v) is 6.05. The zero-order valence-corrected chi connectivity index (χ0v) is 15.4. The molecule has 11 heteroatoms. The summed E-state index contributed by atoms with van der Waals surface area (Å²) in [5, 5.41) is 19.1. The molecule has 0 aliphatic carbocycles. The van der Waals surface area contributed by atoms with Gasteiger partial charge in [0.25, 0.3) is 0 Å². The number of amides is 1. The van der Waals surface area contributed by atoms with Gasteiger partial charge in [-0.25, -0.2) is 9.78 Å². The van der Waals surface area contributed by atoms with Gasteiger partial charge in [0.05, 0.1) is 11.2 Å². The maximum Gasteiger partial charge on any atom is 0.347 e. The fraction of sp³-hybridized carbons (Fsp3) is 0.154. The van der Waals surface area contributed by atoms with Gasteiger partial charge in [0.2, 0.25) is 0 Å². The molecule has 0 aliphatic heterocycles. The number of carbonyl (C=O) groups is 2. The smallest absolute Gasteiger partial charge is 0.347 e. The van der Waals surface area contributed by atoms with Gasteiger partial charge in [-0.05, 0) is 6.92 Å². The average molecular weight is 418 g/mol. The van der Waals surface area contributed by atoms with Crippen molar-refractivity contribution in [1.29, 1.82) is 0 Å². The zero-order valence-electron chi connectivity index (χ0n) is 12.7. The van der Waals surface area contributed by atoms with Crippen LogP contribution in [0.2, 0.25) is 0 Å². The minimum Gasteiger partial charge on any atom is -0.477 e. The molecule has 2 rings (SSSR count). The SMILES string of the molecule is CC(=O)Nc1ccccc1[As](=O)(O)OO.Cc1ncsc1C(=O)O. The first-order chi connectivity index (χ1) is 11.2. The van der Waals surface area contributed by atoms with Crippen LogP contribution in [0.4, 0.5) is 5.69 Å². The van der Waals surface area contributed by atoms with Gasteiger partial charge < -0.3 is 5.11 Å². The Morgan fingerprint density at radius 2 is 1.96 bits per heavy atom. The van der Waals surface area contributed by atoms with E-state index < -0.39 is 20.1 Å². The van der Waals surface area contributed by atoms with Crippen LogP contribution in [0.25, 0.3) is 0 Å². The second kappa shape index (κ2) is 8.76. The number of hydrogen-bond donors (Lipinski definition) is 4. The van der Waals surface area contributed by atoms with E-state index in [2.05, 4.69) is 14.2 Å². The van der Waals surface area contributed by atoms with E-state index in [1.54, 1.807) is 13.0 Å². The molecule has 0 saturated carbocycles.